The number of thioether (sulfide) groups is 1. The molecule has 148 valence electrons. The molecule has 1 amide bonds. The van der Waals surface area contributed by atoms with Crippen LogP contribution in [-0.2, 0) is 11.2 Å². The van der Waals surface area contributed by atoms with E-state index in [4.69, 9.17) is 5.26 Å². The third-order valence-corrected chi connectivity index (χ3v) is 6.57. The smallest absolute Gasteiger partial charge is 0.236 e. The lowest BCUT2D eigenvalue weighted by Gasteiger charge is -2.10. The Bertz CT molecular complexity index is 1020. The fourth-order valence-corrected chi connectivity index (χ4v) is 4.90. The Morgan fingerprint density at radius 1 is 1.31 bits per heavy atom. The summed E-state index contributed by atoms with van der Waals surface area (Å²) in [6.07, 6.45) is 7.06. The Hall–Kier alpha value is -2.77. The molecule has 10 heteroatoms. The first kappa shape index (κ1) is 19.5. The maximum Gasteiger partial charge on any atom is 0.236 e. The molecule has 0 atom stereocenters. The second kappa shape index (κ2) is 9.15. The largest absolute Gasteiger partial charge is 0.301 e. The molecule has 1 aromatic carbocycles. The lowest BCUT2D eigenvalue weighted by molar-refractivity contribution is -0.113. The van der Waals surface area contributed by atoms with Crippen LogP contribution < -0.4 is 5.32 Å². The van der Waals surface area contributed by atoms with Gasteiger partial charge in [-0.2, -0.15) is 5.26 Å². The Labute approximate surface area is 176 Å². The first-order valence-corrected chi connectivity index (χ1v) is 11.2. The number of aromatic nitrogens is 5. The van der Waals surface area contributed by atoms with Gasteiger partial charge < -0.3 is 5.32 Å². The van der Waals surface area contributed by atoms with Crippen LogP contribution in [-0.4, -0.2) is 36.9 Å². The van der Waals surface area contributed by atoms with Crippen molar-refractivity contribution < 1.29 is 4.79 Å². The Morgan fingerprint density at radius 3 is 2.86 bits per heavy atom. The number of hydrogen-bond acceptors (Lipinski definition) is 8. The van der Waals surface area contributed by atoms with Crippen molar-refractivity contribution in [3.05, 3.63) is 46.5 Å². The van der Waals surface area contributed by atoms with Crippen LogP contribution >= 0.6 is 23.1 Å². The molecular weight excluding hydrogens is 406 g/mol. The van der Waals surface area contributed by atoms with Gasteiger partial charge in [-0.05, 0) is 41.0 Å². The third kappa shape index (κ3) is 4.99. The van der Waals surface area contributed by atoms with Crippen molar-refractivity contribution >= 4 is 34.1 Å². The van der Waals surface area contributed by atoms with Crippen LogP contribution in [0.1, 0.15) is 47.7 Å². The highest BCUT2D eigenvalue weighted by Crippen LogP contribution is 2.31. The second-order valence-electron chi connectivity index (χ2n) is 6.80. The first-order valence-electron chi connectivity index (χ1n) is 9.35. The number of amides is 1. The van der Waals surface area contributed by atoms with Crippen LogP contribution in [0.15, 0.2) is 35.6 Å². The molecule has 0 saturated heterocycles. The minimum atomic E-state index is -0.129. The summed E-state index contributed by atoms with van der Waals surface area (Å²) in [4.78, 5) is 17.6. The molecule has 3 aromatic rings. The zero-order valence-corrected chi connectivity index (χ0v) is 17.2. The fourth-order valence-electron chi connectivity index (χ4n) is 3.29. The van der Waals surface area contributed by atoms with E-state index in [0.717, 1.165) is 23.3 Å². The number of carbonyl (C=O) groups excluding carboxylic acids is 1. The van der Waals surface area contributed by atoms with Gasteiger partial charge in [0.05, 0.1) is 23.4 Å². The summed E-state index contributed by atoms with van der Waals surface area (Å²) < 4.78 is 1.85. The van der Waals surface area contributed by atoms with Crippen LogP contribution in [0.2, 0.25) is 0 Å². The van der Waals surface area contributed by atoms with Gasteiger partial charge in [0.25, 0.3) is 0 Å². The lowest BCUT2D eigenvalue weighted by Crippen LogP contribution is -2.15. The summed E-state index contributed by atoms with van der Waals surface area (Å²) in [5.74, 6) is 0.104. The highest BCUT2D eigenvalue weighted by atomic mass is 32.2. The Kier molecular flexibility index (Phi) is 6.17. The lowest BCUT2D eigenvalue weighted by atomic mass is 10.1. The van der Waals surface area contributed by atoms with Gasteiger partial charge in [0.1, 0.15) is 0 Å². The van der Waals surface area contributed by atoms with Gasteiger partial charge in [-0.15, -0.1) is 16.4 Å². The number of benzene rings is 1. The molecule has 0 spiro atoms. The van der Waals surface area contributed by atoms with E-state index >= 15 is 0 Å². The van der Waals surface area contributed by atoms with Crippen LogP contribution in [0.4, 0.5) is 5.13 Å². The Balaban J connectivity index is 1.29. The maximum atomic E-state index is 12.3. The fraction of sp³-hybridized carbons (Fsp3) is 0.368. The Morgan fingerprint density at radius 2 is 2.10 bits per heavy atom. The van der Waals surface area contributed by atoms with Crippen LogP contribution in [0.5, 0.6) is 0 Å². The first-order chi connectivity index (χ1) is 14.2. The van der Waals surface area contributed by atoms with E-state index in [-0.39, 0.29) is 11.7 Å². The number of tetrazole rings is 1. The summed E-state index contributed by atoms with van der Waals surface area (Å²) in [6.45, 7) is 0. The molecule has 1 aliphatic rings. The van der Waals surface area contributed by atoms with Crippen molar-refractivity contribution in [2.75, 3.05) is 11.1 Å². The SMILES string of the molecule is N#Cc1ccc(Cc2cnc(NC(=O)CSc3nnnn3C3CCCC3)s2)cc1. The molecule has 2 heterocycles. The van der Waals surface area contributed by atoms with Gasteiger partial charge in [0.15, 0.2) is 5.13 Å². The average molecular weight is 426 g/mol. The molecule has 2 aromatic heterocycles. The number of anilines is 1. The molecule has 0 radical (unpaired) electrons. The number of rotatable bonds is 7. The molecule has 1 fully saturated rings. The molecule has 29 heavy (non-hydrogen) atoms. The summed E-state index contributed by atoms with van der Waals surface area (Å²) in [7, 11) is 0. The minimum Gasteiger partial charge on any atom is -0.301 e. The topological polar surface area (TPSA) is 109 Å². The van der Waals surface area contributed by atoms with Crippen molar-refractivity contribution in [3.8, 4) is 6.07 Å². The zero-order valence-electron chi connectivity index (χ0n) is 15.6. The molecule has 0 unspecified atom stereocenters. The van der Waals surface area contributed by atoms with Crippen LogP contribution in [0.3, 0.4) is 0 Å². The number of nitrogens with one attached hydrogen (secondary N) is 1. The summed E-state index contributed by atoms with van der Waals surface area (Å²) in [5, 5.41) is 24.9. The van der Waals surface area contributed by atoms with Crippen molar-refractivity contribution in [2.45, 2.75) is 43.3 Å². The van der Waals surface area contributed by atoms with Gasteiger partial charge in [-0.25, -0.2) is 9.67 Å². The van der Waals surface area contributed by atoms with Crippen LogP contribution in [0.25, 0.3) is 0 Å². The minimum absolute atomic E-state index is 0.129. The highest BCUT2D eigenvalue weighted by molar-refractivity contribution is 7.99. The van der Waals surface area contributed by atoms with Crippen LogP contribution in [0, 0.1) is 11.3 Å². The van der Waals surface area contributed by atoms with Gasteiger partial charge in [-0.1, -0.05) is 36.7 Å². The quantitative estimate of drug-likeness (QED) is 0.577. The monoisotopic (exact) mass is 425 g/mol. The van der Waals surface area contributed by atoms with E-state index in [2.05, 4.69) is 31.9 Å². The standard InChI is InChI=1S/C19H19N7OS2/c20-10-14-7-5-13(6-8-14)9-16-11-21-18(29-16)22-17(27)12-28-19-23-24-25-26(19)15-3-1-2-4-15/h5-8,11,15H,1-4,9,12H2,(H,21,22,27). The highest BCUT2D eigenvalue weighted by Gasteiger charge is 2.22. The van der Waals surface area contributed by atoms with E-state index in [1.54, 1.807) is 18.3 Å². The van der Waals surface area contributed by atoms with E-state index in [0.29, 0.717) is 28.3 Å². The summed E-state index contributed by atoms with van der Waals surface area (Å²) >= 11 is 2.80. The van der Waals surface area contributed by atoms with Crippen molar-refractivity contribution in [1.29, 1.82) is 5.26 Å². The van der Waals surface area contributed by atoms with E-state index in [1.165, 1.54) is 35.9 Å². The predicted octanol–water partition coefficient (Wildman–Crippen LogP) is 3.44. The van der Waals surface area contributed by atoms with Gasteiger partial charge in [0.2, 0.25) is 11.1 Å². The molecule has 0 aliphatic heterocycles. The predicted molar refractivity (Wildman–Crippen MR) is 111 cm³/mol. The zero-order chi connectivity index (χ0) is 20.1. The number of carbonyl (C=O) groups is 1. The number of thiazole rings is 1. The van der Waals surface area contributed by atoms with Crippen molar-refractivity contribution in [1.82, 2.24) is 25.2 Å². The van der Waals surface area contributed by atoms with E-state index in [9.17, 15) is 4.79 Å². The summed E-state index contributed by atoms with van der Waals surface area (Å²) in [6, 6.07) is 9.93. The van der Waals surface area contributed by atoms with Gasteiger partial charge >= 0.3 is 0 Å². The number of nitrogens with zero attached hydrogens (tertiary/aromatic N) is 6. The molecule has 4 rings (SSSR count). The number of hydrogen-bond donors (Lipinski definition) is 1. The third-order valence-electron chi connectivity index (χ3n) is 4.73. The number of nitriles is 1. The summed E-state index contributed by atoms with van der Waals surface area (Å²) in [5.41, 5.74) is 1.74. The van der Waals surface area contributed by atoms with E-state index in [1.807, 2.05) is 16.8 Å². The molecule has 8 nitrogen and oxygen atoms in total. The molecule has 1 N–H and O–H groups in total. The average Bonchev–Trinajstić information content (AvgIpc) is 3.49. The molecule has 1 aliphatic carbocycles. The van der Waals surface area contributed by atoms with Crippen molar-refractivity contribution in [2.24, 2.45) is 0 Å². The molecular formula is C19H19N7OS2. The van der Waals surface area contributed by atoms with Gasteiger partial charge in [0, 0.05) is 17.5 Å². The molecule has 0 bridgehead atoms. The molecule has 1 saturated carbocycles. The van der Waals surface area contributed by atoms with E-state index < -0.39 is 0 Å². The van der Waals surface area contributed by atoms with Crippen molar-refractivity contribution in [3.63, 3.8) is 0 Å². The van der Waals surface area contributed by atoms with Gasteiger partial charge in [-0.3, -0.25) is 4.79 Å². The second-order valence-corrected chi connectivity index (χ2v) is 8.86. The maximum absolute atomic E-state index is 12.3. The normalized spacial score (nSPS) is 14.0.